The van der Waals surface area contributed by atoms with E-state index in [4.69, 9.17) is 4.98 Å². The predicted molar refractivity (Wildman–Crippen MR) is 99.1 cm³/mol. The van der Waals surface area contributed by atoms with E-state index in [0.717, 1.165) is 16.7 Å². The summed E-state index contributed by atoms with van der Waals surface area (Å²) in [7, 11) is -3.11. The molecule has 2 aliphatic heterocycles. The Bertz CT molecular complexity index is 1120. The molecule has 0 aliphatic carbocycles. The highest BCUT2D eigenvalue weighted by Gasteiger charge is 2.50. The molecule has 0 N–H and O–H groups in total. The molecular formula is C19H17N3O3S. The van der Waals surface area contributed by atoms with Gasteiger partial charge in [0.2, 0.25) is 11.9 Å². The highest BCUT2D eigenvalue weighted by molar-refractivity contribution is 7.91. The van der Waals surface area contributed by atoms with Crippen LogP contribution in [0.4, 0.5) is 5.95 Å². The Balaban J connectivity index is 1.73. The third-order valence-corrected chi connectivity index (χ3v) is 7.03. The van der Waals surface area contributed by atoms with Gasteiger partial charge in [-0.2, -0.15) is 0 Å². The number of hydrogen-bond donors (Lipinski definition) is 0. The number of rotatable bonds is 2. The first-order valence-corrected chi connectivity index (χ1v) is 10.4. The van der Waals surface area contributed by atoms with Gasteiger partial charge in [-0.1, -0.05) is 30.3 Å². The van der Waals surface area contributed by atoms with Crippen molar-refractivity contribution in [3.05, 3.63) is 54.6 Å². The van der Waals surface area contributed by atoms with Crippen molar-refractivity contribution in [2.45, 2.75) is 12.5 Å². The average Bonchev–Trinajstić information content (AvgIpc) is 3.21. The number of fused-ring (bicyclic) bond motifs is 2. The first-order chi connectivity index (χ1) is 12.5. The standard InChI is InChI=1S/C19H17N3O3S/c23-18-10-13-11-26(24,25)12-17(13)22(18)19-20-15-8-4-5-9-16(15)21(19)14-6-2-1-3-7-14/h1-9,13,17H,10-12H2/t13-,17-/m0/s1. The normalized spacial score (nSPS) is 24.3. The lowest BCUT2D eigenvalue weighted by atomic mass is 10.1. The van der Waals surface area contributed by atoms with E-state index in [0.29, 0.717) is 5.95 Å². The smallest absolute Gasteiger partial charge is 0.230 e. The Morgan fingerprint density at radius 1 is 0.962 bits per heavy atom. The van der Waals surface area contributed by atoms with Crippen LogP contribution in [-0.4, -0.2) is 41.4 Å². The Morgan fingerprint density at radius 3 is 2.50 bits per heavy atom. The molecule has 6 nitrogen and oxygen atoms in total. The molecular weight excluding hydrogens is 350 g/mol. The van der Waals surface area contributed by atoms with Crippen LogP contribution in [0.1, 0.15) is 6.42 Å². The van der Waals surface area contributed by atoms with Crippen molar-refractivity contribution in [3.8, 4) is 5.69 Å². The molecule has 7 heteroatoms. The minimum atomic E-state index is -3.11. The van der Waals surface area contributed by atoms with E-state index in [2.05, 4.69) is 0 Å². The molecule has 0 bridgehead atoms. The molecule has 26 heavy (non-hydrogen) atoms. The number of amides is 1. The van der Waals surface area contributed by atoms with E-state index in [-0.39, 0.29) is 35.8 Å². The fourth-order valence-electron chi connectivity index (χ4n) is 4.16. The van der Waals surface area contributed by atoms with Crippen LogP contribution in [0, 0.1) is 5.92 Å². The number of para-hydroxylation sites is 3. The number of carbonyl (C=O) groups is 1. The second kappa shape index (κ2) is 5.41. The first-order valence-electron chi connectivity index (χ1n) is 8.59. The second-order valence-corrected chi connectivity index (χ2v) is 9.10. The van der Waals surface area contributed by atoms with Crippen molar-refractivity contribution >= 4 is 32.7 Å². The number of anilines is 1. The van der Waals surface area contributed by atoms with Gasteiger partial charge < -0.3 is 0 Å². The molecule has 2 fully saturated rings. The van der Waals surface area contributed by atoms with Crippen molar-refractivity contribution in [2.75, 3.05) is 16.4 Å². The van der Waals surface area contributed by atoms with Crippen molar-refractivity contribution in [2.24, 2.45) is 5.92 Å². The molecule has 2 aliphatic rings. The lowest BCUT2D eigenvalue weighted by Gasteiger charge is -2.23. The first kappa shape index (κ1) is 15.6. The summed E-state index contributed by atoms with van der Waals surface area (Å²) >= 11 is 0. The quantitative estimate of drug-likeness (QED) is 0.696. The van der Waals surface area contributed by atoms with Crippen LogP contribution in [0.25, 0.3) is 16.7 Å². The molecule has 3 heterocycles. The fraction of sp³-hybridized carbons (Fsp3) is 0.263. The van der Waals surface area contributed by atoms with E-state index in [1.807, 2.05) is 59.2 Å². The van der Waals surface area contributed by atoms with Gasteiger partial charge in [0.05, 0.1) is 28.6 Å². The summed E-state index contributed by atoms with van der Waals surface area (Å²) in [5.41, 5.74) is 2.57. The topological polar surface area (TPSA) is 72.3 Å². The van der Waals surface area contributed by atoms with Crippen LogP contribution >= 0.6 is 0 Å². The molecule has 1 aromatic heterocycles. The summed E-state index contributed by atoms with van der Waals surface area (Å²) < 4.78 is 26.1. The van der Waals surface area contributed by atoms with Crippen LogP contribution in [0.2, 0.25) is 0 Å². The average molecular weight is 367 g/mol. The van der Waals surface area contributed by atoms with Gasteiger partial charge in [0.15, 0.2) is 9.84 Å². The monoisotopic (exact) mass is 367 g/mol. The summed E-state index contributed by atoms with van der Waals surface area (Å²) in [6.07, 6.45) is 0.266. The van der Waals surface area contributed by atoms with E-state index < -0.39 is 9.84 Å². The number of sulfone groups is 1. The number of carbonyl (C=O) groups excluding carboxylic acids is 1. The second-order valence-electron chi connectivity index (χ2n) is 6.94. The number of hydrogen-bond acceptors (Lipinski definition) is 4. The van der Waals surface area contributed by atoms with Crippen molar-refractivity contribution in [3.63, 3.8) is 0 Å². The van der Waals surface area contributed by atoms with Crippen LogP contribution in [0.15, 0.2) is 54.6 Å². The van der Waals surface area contributed by atoms with Crippen LogP contribution in [0.5, 0.6) is 0 Å². The molecule has 5 rings (SSSR count). The van der Waals surface area contributed by atoms with E-state index in [9.17, 15) is 13.2 Å². The lowest BCUT2D eigenvalue weighted by Crippen LogP contribution is -2.38. The third kappa shape index (κ3) is 2.27. The predicted octanol–water partition coefficient (Wildman–Crippen LogP) is 2.18. The van der Waals surface area contributed by atoms with Gasteiger partial charge in [-0.15, -0.1) is 0 Å². The van der Waals surface area contributed by atoms with Crippen molar-refractivity contribution in [1.29, 1.82) is 0 Å². The molecule has 3 aromatic rings. The third-order valence-electron chi connectivity index (χ3n) is 5.25. The van der Waals surface area contributed by atoms with Gasteiger partial charge in [-0.3, -0.25) is 14.3 Å². The molecule has 132 valence electrons. The SMILES string of the molecule is O=C1C[C@H]2CS(=O)(=O)C[C@@H]2N1c1nc2ccccc2n1-c1ccccc1. The summed E-state index contributed by atoms with van der Waals surface area (Å²) in [6, 6.07) is 17.1. The zero-order valence-electron chi connectivity index (χ0n) is 13.9. The molecule has 1 amide bonds. The Labute approximate surface area is 151 Å². The van der Waals surface area contributed by atoms with Crippen LogP contribution < -0.4 is 4.90 Å². The van der Waals surface area contributed by atoms with Gasteiger partial charge in [-0.25, -0.2) is 13.4 Å². The summed E-state index contributed by atoms with van der Waals surface area (Å²) in [5, 5.41) is 0. The number of imidazole rings is 1. The van der Waals surface area contributed by atoms with Gasteiger partial charge in [0, 0.05) is 18.0 Å². The minimum absolute atomic E-state index is 0.0153. The molecule has 2 atom stereocenters. The maximum Gasteiger partial charge on any atom is 0.230 e. The number of aromatic nitrogens is 2. The van der Waals surface area contributed by atoms with E-state index in [1.165, 1.54) is 0 Å². The molecule has 2 aromatic carbocycles. The number of nitrogens with zero attached hydrogens (tertiary/aromatic N) is 3. The van der Waals surface area contributed by atoms with Gasteiger partial charge in [-0.05, 0) is 24.3 Å². The van der Waals surface area contributed by atoms with Crippen LogP contribution in [-0.2, 0) is 14.6 Å². The Morgan fingerprint density at radius 2 is 1.69 bits per heavy atom. The van der Waals surface area contributed by atoms with Gasteiger partial charge in [0.1, 0.15) is 0 Å². The molecule has 0 radical (unpaired) electrons. The molecule has 2 saturated heterocycles. The van der Waals surface area contributed by atoms with Crippen LogP contribution in [0.3, 0.4) is 0 Å². The zero-order valence-corrected chi connectivity index (χ0v) is 14.8. The Kier molecular flexibility index (Phi) is 3.24. The largest absolute Gasteiger partial charge is 0.278 e. The summed E-state index contributed by atoms with van der Waals surface area (Å²) in [4.78, 5) is 19.1. The van der Waals surface area contributed by atoms with Crippen molar-refractivity contribution < 1.29 is 13.2 Å². The highest BCUT2D eigenvalue weighted by atomic mass is 32.2. The van der Waals surface area contributed by atoms with E-state index >= 15 is 0 Å². The molecule has 0 saturated carbocycles. The highest BCUT2D eigenvalue weighted by Crippen LogP contribution is 2.38. The molecule has 0 spiro atoms. The fourth-order valence-corrected chi connectivity index (χ4v) is 6.23. The lowest BCUT2D eigenvalue weighted by molar-refractivity contribution is -0.117. The molecule has 0 unspecified atom stereocenters. The van der Waals surface area contributed by atoms with E-state index in [1.54, 1.807) is 4.90 Å². The minimum Gasteiger partial charge on any atom is -0.278 e. The summed E-state index contributed by atoms with van der Waals surface area (Å²) in [6.45, 7) is 0. The summed E-state index contributed by atoms with van der Waals surface area (Å²) in [5.74, 6) is 0.415. The maximum atomic E-state index is 12.7. The Hall–Kier alpha value is -2.67. The van der Waals surface area contributed by atoms with Gasteiger partial charge >= 0.3 is 0 Å². The maximum absolute atomic E-state index is 12.7. The van der Waals surface area contributed by atoms with Gasteiger partial charge in [0.25, 0.3) is 0 Å². The zero-order chi connectivity index (χ0) is 17.9. The van der Waals surface area contributed by atoms with Crippen molar-refractivity contribution in [1.82, 2.24) is 9.55 Å². The number of benzene rings is 2.